The molecule has 0 aromatic heterocycles. The highest BCUT2D eigenvalue weighted by atomic mass is 16.7. The number of allylic oxidation sites excluding steroid dienone is 16. The molecule has 418 valence electrons. The summed E-state index contributed by atoms with van der Waals surface area (Å²) in [5, 5.41) is 72.2. The first-order valence-corrected chi connectivity index (χ1v) is 27.8. The van der Waals surface area contributed by atoms with Gasteiger partial charge in [-0.05, 0) is 89.9 Å². The van der Waals surface area contributed by atoms with Crippen LogP contribution in [0.15, 0.2) is 97.2 Å². The zero-order valence-corrected chi connectivity index (χ0v) is 44.6. The second-order valence-electron chi connectivity index (χ2n) is 19.0. The lowest BCUT2D eigenvalue weighted by Crippen LogP contribution is -2.61. The molecule has 2 aliphatic rings. The van der Waals surface area contributed by atoms with Gasteiger partial charge < -0.3 is 64.2 Å². The lowest BCUT2D eigenvalue weighted by atomic mass is 9.98. The summed E-state index contributed by atoms with van der Waals surface area (Å²) in [6.45, 7) is 3.44. The van der Waals surface area contributed by atoms with Crippen LogP contribution >= 0.6 is 0 Å². The predicted molar refractivity (Wildman–Crippen MR) is 288 cm³/mol. The number of unbranched alkanes of at least 4 members (excludes halogenated alkanes) is 13. The Hall–Kier alpha value is -3.09. The van der Waals surface area contributed by atoms with Crippen molar-refractivity contribution in [2.45, 2.75) is 235 Å². The minimum absolute atomic E-state index is 0.0418. The van der Waals surface area contributed by atoms with Crippen LogP contribution in [0, 0.1) is 0 Å². The van der Waals surface area contributed by atoms with E-state index in [4.69, 9.17) is 28.4 Å². The number of carbonyl (C=O) groups is 1. The first-order chi connectivity index (χ1) is 35.6. The van der Waals surface area contributed by atoms with E-state index in [0.29, 0.717) is 13.0 Å². The third-order valence-electron chi connectivity index (χ3n) is 12.6. The van der Waals surface area contributed by atoms with E-state index in [2.05, 4.69) is 111 Å². The molecule has 0 aromatic rings. The van der Waals surface area contributed by atoms with Crippen LogP contribution < -0.4 is 0 Å². The molecule has 0 amide bonds. The zero-order valence-electron chi connectivity index (χ0n) is 44.6. The third kappa shape index (κ3) is 32.2. The Kier molecular flexibility index (Phi) is 40.8. The van der Waals surface area contributed by atoms with Crippen molar-refractivity contribution in [1.82, 2.24) is 0 Å². The van der Waals surface area contributed by atoms with Crippen molar-refractivity contribution in [3.8, 4) is 0 Å². The Labute approximate surface area is 439 Å². The lowest BCUT2D eigenvalue weighted by Gasteiger charge is -2.42. The minimum atomic E-state index is -1.72. The molecule has 73 heavy (non-hydrogen) atoms. The van der Waals surface area contributed by atoms with Crippen molar-refractivity contribution >= 4 is 5.97 Å². The molecular formula is C59H98O14. The zero-order chi connectivity index (χ0) is 53.0. The molecule has 14 heteroatoms. The van der Waals surface area contributed by atoms with Gasteiger partial charge in [-0.3, -0.25) is 4.79 Å². The Bertz CT molecular complexity index is 1570. The molecule has 2 rings (SSSR count). The van der Waals surface area contributed by atoms with Crippen molar-refractivity contribution < 1.29 is 69.0 Å². The van der Waals surface area contributed by atoms with Crippen molar-refractivity contribution in [2.24, 2.45) is 0 Å². The summed E-state index contributed by atoms with van der Waals surface area (Å²) in [6.07, 6.45) is 43.2. The fraction of sp³-hybridized carbons (Fsp3) is 0.712. The standard InChI is InChI=1S/C59H98O14/c1-3-5-7-9-11-13-15-17-19-20-21-22-23-24-25-26-27-28-29-30-32-34-36-38-40-42-51(61)71-48(45-68-43-41-39-37-35-33-31-18-16-14-12-10-8-6-4-2)46-69-58-57(67)55(65)53(63)50(73-58)47-70-59-56(66)54(64)52(62)49(44-60)72-59/h5,7-8,10-11,13-14,16-17,19,21-22,24-25,27-28,48-50,52-60,62-67H,3-4,6,9,12,15,18,20,23,26,29-47H2,1-2H3/b7-5-,10-8-,13-11-,16-14-,19-17-,22-21-,25-24-,28-27-. The number of aliphatic hydroxyl groups excluding tert-OH is 7. The van der Waals surface area contributed by atoms with E-state index in [1.807, 2.05) is 0 Å². The van der Waals surface area contributed by atoms with E-state index >= 15 is 0 Å². The van der Waals surface area contributed by atoms with Gasteiger partial charge in [-0.15, -0.1) is 0 Å². The van der Waals surface area contributed by atoms with Gasteiger partial charge in [0.05, 0.1) is 26.4 Å². The van der Waals surface area contributed by atoms with Gasteiger partial charge >= 0.3 is 5.97 Å². The van der Waals surface area contributed by atoms with Gasteiger partial charge in [0.25, 0.3) is 0 Å². The Balaban J connectivity index is 1.73. The number of ether oxygens (including phenoxy) is 6. The number of hydrogen-bond acceptors (Lipinski definition) is 14. The molecule has 2 saturated heterocycles. The molecular weight excluding hydrogens is 933 g/mol. The summed E-state index contributed by atoms with van der Waals surface area (Å²) in [6, 6.07) is 0. The van der Waals surface area contributed by atoms with Gasteiger partial charge in [0.1, 0.15) is 54.9 Å². The summed E-state index contributed by atoms with van der Waals surface area (Å²) >= 11 is 0. The Morgan fingerprint density at radius 2 is 0.890 bits per heavy atom. The van der Waals surface area contributed by atoms with Crippen LogP contribution in [-0.2, 0) is 33.2 Å². The molecule has 0 spiro atoms. The molecule has 0 aromatic carbocycles. The van der Waals surface area contributed by atoms with Crippen LogP contribution in [0.1, 0.15) is 168 Å². The average Bonchev–Trinajstić information content (AvgIpc) is 3.39. The number of hydrogen-bond donors (Lipinski definition) is 7. The van der Waals surface area contributed by atoms with Gasteiger partial charge in [-0.2, -0.15) is 0 Å². The maximum Gasteiger partial charge on any atom is 0.306 e. The van der Waals surface area contributed by atoms with Crippen LogP contribution in [0.2, 0.25) is 0 Å². The predicted octanol–water partition coefficient (Wildman–Crippen LogP) is 9.41. The molecule has 7 N–H and O–H groups in total. The number of aliphatic hydroxyl groups is 7. The second-order valence-corrected chi connectivity index (χ2v) is 19.0. The van der Waals surface area contributed by atoms with Crippen LogP contribution in [-0.4, -0.2) is 142 Å². The van der Waals surface area contributed by atoms with Gasteiger partial charge in [0.2, 0.25) is 0 Å². The molecule has 2 heterocycles. The topological polar surface area (TPSA) is 214 Å². The quantitative estimate of drug-likeness (QED) is 0.0172. The molecule has 0 radical (unpaired) electrons. The summed E-state index contributed by atoms with van der Waals surface area (Å²) in [5.41, 5.74) is 0. The van der Waals surface area contributed by atoms with Crippen molar-refractivity contribution in [1.29, 1.82) is 0 Å². The number of esters is 1. The molecule has 2 fully saturated rings. The van der Waals surface area contributed by atoms with E-state index < -0.39 is 86.7 Å². The molecule has 14 nitrogen and oxygen atoms in total. The van der Waals surface area contributed by atoms with Crippen LogP contribution in [0.4, 0.5) is 0 Å². The molecule has 0 saturated carbocycles. The monoisotopic (exact) mass is 1030 g/mol. The minimum Gasteiger partial charge on any atom is -0.457 e. The van der Waals surface area contributed by atoms with E-state index in [-0.39, 0.29) is 19.6 Å². The smallest absolute Gasteiger partial charge is 0.306 e. The first kappa shape index (κ1) is 66.0. The second kappa shape index (κ2) is 45.1. The van der Waals surface area contributed by atoms with E-state index in [9.17, 15) is 40.5 Å². The maximum absolute atomic E-state index is 13.1. The molecule has 11 unspecified atom stereocenters. The summed E-state index contributed by atoms with van der Waals surface area (Å²) in [5.74, 6) is -0.399. The highest BCUT2D eigenvalue weighted by Crippen LogP contribution is 2.26. The van der Waals surface area contributed by atoms with Crippen molar-refractivity contribution in [3.05, 3.63) is 97.2 Å². The SMILES string of the molecule is CC/C=C\C/C=C\C/C=C\C/C=C\C/C=C\C/C=C\CCCCCCCCC(=O)OC(COCCCCCCCC/C=C\C/C=C\CCC)COC1OC(COC2OC(CO)C(O)C(O)C2O)C(O)C(O)C1O. The molecule has 0 bridgehead atoms. The Morgan fingerprint density at radius 1 is 0.466 bits per heavy atom. The van der Waals surface area contributed by atoms with Gasteiger partial charge in [-0.25, -0.2) is 0 Å². The largest absolute Gasteiger partial charge is 0.457 e. The number of carbonyl (C=O) groups excluding carboxylic acids is 1. The molecule has 2 aliphatic heterocycles. The lowest BCUT2D eigenvalue weighted by molar-refractivity contribution is -0.332. The first-order valence-electron chi connectivity index (χ1n) is 27.8. The Morgan fingerprint density at radius 3 is 1.40 bits per heavy atom. The summed E-state index contributed by atoms with van der Waals surface area (Å²) in [4.78, 5) is 13.1. The summed E-state index contributed by atoms with van der Waals surface area (Å²) in [7, 11) is 0. The van der Waals surface area contributed by atoms with Crippen molar-refractivity contribution in [2.75, 3.05) is 33.0 Å². The van der Waals surface area contributed by atoms with Crippen molar-refractivity contribution in [3.63, 3.8) is 0 Å². The molecule has 11 atom stereocenters. The van der Waals surface area contributed by atoms with E-state index in [1.165, 1.54) is 19.3 Å². The maximum atomic E-state index is 13.1. The van der Waals surface area contributed by atoms with Gasteiger partial charge in [-0.1, -0.05) is 169 Å². The highest BCUT2D eigenvalue weighted by molar-refractivity contribution is 5.69. The molecule has 0 aliphatic carbocycles. The average molecular weight is 1030 g/mol. The van der Waals surface area contributed by atoms with Crippen LogP contribution in [0.25, 0.3) is 0 Å². The van der Waals surface area contributed by atoms with Gasteiger partial charge in [0.15, 0.2) is 12.6 Å². The normalized spacial score (nSPS) is 25.7. The van der Waals surface area contributed by atoms with Crippen LogP contribution in [0.3, 0.4) is 0 Å². The third-order valence-corrected chi connectivity index (χ3v) is 12.6. The fourth-order valence-electron chi connectivity index (χ4n) is 8.09. The fourth-order valence-corrected chi connectivity index (χ4v) is 8.09. The van der Waals surface area contributed by atoms with E-state index in [1.54, 1.807) is 0 Å². The van der Waals surface area contributed by atoms with Crippen LogP contribution in [0.5, 0.6) is 0 Å². The highest BCUT2D eigenvalue weighted by Gasteiger charge is 2.47. The number of rotatable bonds is 43. The van der Waals surface area contributed by atoms with E-state index in [0.717, 1.165) is 122 Å². The van der Waals surface area contributed by atoms with Gasteiger partial charge in [0, 0.05) is 13.0 Å². The summed E-state index contributed by atoms with van der Waals surface area (Å²) < 4.78 is 34.3.